The zero-order chi connectivity index (χ0) is 20.5. The Morgan fingerprint density at radius 3 is 2.14 bits per heavy atom. The summed E-state index contributed by atoms with van der Waals surface area (Å²) in [6, 6.07) is 0. The fourth-order valence-corrected chi connectivity index (χ4v) is 2.34. The van der Waals surface area contributed by atoms with Crippen molar-refractivity contribution in [2.45, 2.75) is 19.3 Å². The van der Waals surface area contributed by atoms with E-state index in [1.165, 1.54) is 12.2 Å². The van der Waals surface area contributed by atoms with Gasteiger partial charge in [0.1, 0.15) is 5.82 Å². The predicted octanol–water partition coefficient (Wildman–Crippen LogP) is -0.543. The maximum absolute atomic E-state index is 11.6. The van der Waals surface area contributed by atoms with Gasteiger partial charge in [-0.05, 0) is 0 Å². The summed E-state index contributed by atoms with van der Waals surface area (Å²) in [5.41, 5.74) is 1.11. The Morgan fingerprint density at radius 2 is 1.54 bits per heavy atom. The van der Waals surface area contributed by atoms with E-state index in [4.69, 9.17) is 9.47 Å². The number of esters is 2. The molecule has 0 saturated heterocycles. The average molecular weight is 389 g/mol. The van der Waals surface area contributed by atoms with Crippen molar-refractivity contribution in [2.75, 3.05) is 13.2 Å². The molecule has 0 aliphatic carbocycles. The molecule has 148 valence electrons. The lowest BCUT2D eigenvalue weighted by Crippen LogP contribution is -2.35. The van der Waals surface area contributed by atoms with Gasteiger partial charge in [-0.15, -0.1) is 0 Å². The molecule has 2 aliphatic heterocycles. The first-order chi connectivity index (χ1) is 13.3. The van der Waals surface area contributed by atoms with Crippen molar-refractivity contribution in [3.05, 3.63) is 48.0 Å². The minimum atomic E-state index is -0.756. The van der Waals surface area contributed by atoms with Crippen molar-refractivity contribution in [2.24, 2.45) is 0 Å². The Kier molecular flexibility index (Phi) is 7.26. The second-order valence-corrected chi connectivity index (χ2v) is 5.82. The van der Waals surface area contributed by atoms with Gasteiger partial charge in [0.05, 0.1) is 13.2 Å². The third-order valence-electron chi connectivity index (χ3n) is 3.52. The SMILES string of the molecule is C=C1NC(=O)C=C(CCOC(=O)/C=C/C(=O)OCCC2=CC(=O)NC(=O)C2)N1. The maximum atomic E-state index is 11.6. The van der Waals surface area contributed by atoms with Crippen LogP contribution in [0.5, 0.6) is 0 Å². The molecule has 0 aromatic rings. The average Bonchev–Trinajstić information content (AvgIpc) is 2.58. The molecule has 10 heteroatoms. The summed E-state index contributed by atoms with van der Waals surface area (Å²) in [6.45, 7) is 3.54. The molecular weight excluding hydrogens is 370 g/mol. The van der Waals surface area contributed by atoms with Gasteiger partial charge in [-0.2, -0.15) is 0 Å². The summed E-state index contributed by atoms with van der Waals surface area (Å²) in [4.78, 5) is 56.8. The number of nitrogens with one attached hydrogen (secondary N) is 3. The van der Waals surface area contributed by atoms with Crippen molar-refractivity contribution >= 4 is 29.7 Å². The quantitative estimate of drug-likeness (QED) is 0.286. The van der Waals surface area contributed by atoms with Crippen LogP contribution in [0.4, 0.5) is 0 Å². The van der Waals surface area contributed by atoms with E-state index in [9.17, 15) is 24.0 Å². The molecule has 0 aromatic carbocycles. The van der Waals surface area contributed by atoms with Crippen LogP contribution < -0.4 is 16.0 Å². The van der Waals surface area contributed by atoms with Crippen LogP contribution in [0.25, 0.3) is 0 Å². The van der Waals surface area contributed by atoms with E-state index >= 15 is 0 Å². The van der Waals surface area contributed by atoms with Gasteiger partial charge < -0.3 is 20.1 Å². The van der Waals surface area contributed by atoms with E-state index in [2.05, 4.69) is 22.5 Å². The zero-order valence-corrected chi connectivity index (χ0v) is 14.9. The maximum Gasteiger partial charge on any atom is 0.331 e. The van der Waals surface area contributed by atoms with Crippen LogP contribution >= 0.6 is 0 Å². The van der Waals surface area contributed by atoms with Gasteiger partial charge in [0.25, 0.3) is 11.8 Å². The number of ether oxygens (including phenoxy) is 2. The fraction of sp³-hybridized carbons (Fsp3) is 0.278. The summed E-state index contributed by atoms with van der Waals surface area (Å²) in [6.07, 6.45) is 5.05. The lowest BCUT2D eigenvalue weighted by molar-refractivity contribution is -0.140. The molecule has 2 rings (SSSR count). The van der Waals surface area contributed by atoms with Crippen molar-refractivity contribution in [1.82, 2.24) is 16.0 Å². The summed E-state index contributed by atoms with van der Waals surface area (Å²) < 4.78 is 9.82. The molecule has 28 heavy (non-hydrogen) atoms. The van der Waals surface area contributed by atoms with Crippen molar-refractivity contribution in [3.63, 3.8) is 0 Å². The van der Waals surface area contributed by atoms with Crippen LogP contribution in [-0.2, 0) is 33.4 Å². The number of hydrogen-bond donors (Lipinski definition) is 3. The Labute approximate surface area is 160 Å². The summed E-state index contributed by atoms with van der Waals surface area (Å²) in [7, 11) is 0. The highest BCUT2D eigenvalue weighted by Gasteiger charge is 2.16. The third kappa shape index (κ3) is 7.28. The van der Waals surface area contributed by atoms with Gasteiger partial charge in [0, 0.05) is 49.3 Å². The molecule has 0 aromatic heterocycles. The Hall–Kier alpha value is -3.69. The lowest BCUT2D eigenvalue weighted by atomic mass is 10.1. The standard InChI is InChI=1S/C18H19N3O7/c1-11-19-13(10-16(24)20-11)5-7-28-18(26)3-2-17(25)27-6-4-12-8-14(22)21-15(23)9-12/h2-3,8,10,19H,1,4-7,9H2,(H,20,24)(H,21,22,23)/b3-2+. The molecule has 0 radical (unpaired) electrons. The Morgan fingerprint density at radius 1 is 0.929 bits per heavy atom. The second-order valence-electron chi connectivity index (χ2n) is 5.82. The van der Waals surface area contributed by atoms with Gasteiger partial charge in [-0.25, -0.2) is 9.59 Å². The van der Waals surface area contributed by atoms with Crippen LogP contribution in [0.1, 0.15) is 19.3 Å². The molecule has 3 N–H and O–H groups in total. The Balaban J connectivity index is 1.64. The van der Waals surface area contributed by atoms with E-state index < -0.39 is 23.8 Å². The zero-order valence-electron chi connectivity index (χ0n) is 14.9. The number of carbonyl (C=O) groups excluding carboxylic acids is 5. The number of amides is 3. The Bertz CT molecular complexity index is 742. The van der Waals surface area contributed by atoms with Crippen LogP contribution in [0.3, 0.4) is 0 Å². The first-order valence-electron chi connectivity index (χ1n) is 8.34. The van der Waals surface area contributed by atoms with Crippen LogP contribution in [0.2, 0.25) is 0 Å². The topological polar surface area (TPSA) is 140 Å². The molecule has 0 atom stereocenters. The molecule has 2 aliphatic rings. The molecule has 10 nitrogen and oxygen atoms in total. The smallest absolute Gasteiger partial charge is 0.331 e. The molecule has 0 saturated carbocycles. The first kappa shape index (κ1) is 20.6. The van der Waals surface area contributed by atoms with Crippen molar-refractivity contribution < 1.29 is 33.4 Å². The van der Waals surface area contributed by atoms with Gasteiger partial charge in [-0.1, -0.05) is 12.2 Å². The van der Waals surface area contributed by atoms with E-state index in [1.807, 2.05) is 0 Å². The molecule has 0 unspecified atom stereocenters. The van der Waals surface area contributed by atoms with Crippen LogP contribution in [-0.4, -0.2) is 42.9 Å². The molecule has 0 spiro atoms. The minimum Gasteiger partial charge on any atom is -0.462 e. The highest BCUT2D eigenvalue weighted by Crippen LogP contribution is 2.11. The molecule has 0 fully saturated rings. The molecular formula is C18H19N3O7. The highest BCUT2D eigenvalue weighted by atomic mass is 16.5. The van der Waals surface area contributed by atoms with E-state index in [0.717, 1.165) is 12.2 Å². The lowest BCUT2D eigenvalue weighted by Gasteiger charge is -2.18. The third-order valence-corrected chi connectivity index (χ3v) is 3.52. The first-order valence-corrected chi connectivity index (χ1v) is 8.34. The highest BCUT2D eigenvalue weighted by molar-refractivity contribution is 6.05. The van der Waals surface area contributed by atoms with Crippen molar-refractivity contribution in [1.29, 1.82) is 0 Å². The van der Waals surface area contributed by atoms with E-state index in [0.29, 0.717) is 17.1 Å². The van der Waals surface area contributed by atoms with Gasteiger partial charge in [-0.3, -0.25) is 19.7 Å². The largest absolute Gasteiger partial charge is 0.462 e. The summed E-state index contributed by atoms with van der Waals surface area (Å²) >= 11 is 0. The normalized spacial score (nSPS) is 16.6. The van der Waals surface area contributed by atoms with Crippen LogP contribution in [0, 0.1) is 0 Å². The number of hydrogen-bond acceptors (Lipinski definition) is 8. The van der Waals surface area contributed by atoms with Gasteiger partial charge in [0.15, 0.2) is 0 Å². The number of carbonyl (C=O) groups is 5. The second kappa shape index (κ2) is 9.86. The predicted molar refractivity (Wildman–Crippen MR) is 94.6 cm³/mol. The monoisotopic (exact) mass is 389 g/mol. The summed E-state index contributed by atoms with van der Waals surface area (Å²) in [5, 5.41) is 7.41. The molecule has 0 bridgehead atoms. The van der Waals surface area contributed by atoms with E-state index in [-0.39, 0.29) is 38.4 Å². The summed E-state index contributed by atoms with van der Waals surface area (Å²) in [5.74, 6) is -2.38. The van der Waals surface area contributed by atoms with Gasteiger partial charge in [0.2, 0.25) is 5.91 Å². The van der Waals surface area contributed by atoms with Gasteiger partial charge >= 0.3 is 11.9 Å². The minimum absolute atomic E-state index is 0.00185. The van der Waals surface area contributed by atoms with Crippen LogP contribution in [0.15, 0.2) is 48.0 Å². The van der Waals surface area contributed by atoms with E-state index in [1.54, 1.807) is 0 Å². The van der Waals surface area contributed by atoms with Crippen molar-refractivity contribution in [3.8, 4) is 0 Å². The number of imide groups is 1. The number of rotatable bonds is 8. The molecule has 3 amide bonds. The molecule has 2 heterocycles. The fourth-order valence-electron chi connectivity index (χ4n) is 2.34.